The third-order valence-corrected chi connectivity index (χ3v) is 3.26. The quantitative estimate of drug-likeness (QED) is 0.832. The first-order valence-electron chi connectivity index (χ1n) is 5.44. The minimum Gasteiger partial charge on any atom is -0.394 e. The monoisotopic (exact) mass is 290 g/mol. The van der Waals surface area contributed by atoms with Gasteiger partial charge in [0.2, 0.25) is 0 Å². The molecule has 1 saturated heterocycles. The Balaban J connectivity index is 2.26. The molecule has 1 N–H and O–H groups in total. The second-order valence-electron chi connectivity index (χ2n) is 3.90. The fourth-order valence-corrected chi connectivity index (χ4v) is 2.15. The number of aromatic nitrogens is 1. The van der Waals surface area contributed by atoms with Crippen LogP contribution in [0, 0.1) is 0 Å². The maximum atomic E-state index is 12.3. The van der Waals surface area contributed by atoms with Crippen LogP contribution >= 0.6 is 23.2 Å². The molecule has 2 rings (SSSR count). The summed E-state index contributed by atoms with van der Waals surface area (Å²) >= 11 is 11.7. The van der Waals surface area contributed by atoms with E-state index in [-0.39, 0.29) is 34.3 Å². The predicted molar refractivity (Wildman–Crippen MR) is 67.0 cm³/mol. The topological polar surface area (TPSA) is 62.7 Å². The second-order valence-corrected chi connectivity index (χ2v) is 4.69. The van der Waals surface area contributed by atoms with E-state index >= 15 is 0 Å². The molecule has 0 spiro atoms. The van der Waals surface area contributed by atoms with Crippen molar-refractivity contribution in [3.05, 3.63) is 28.0 Å². The van der Waals surface area contributed by atoms with Gasteiger partial charge < -0.3 is 14.7 Å². The van der Waals surface area contributed by atoms with Gasteiger partial charge in [-0.25, -0.2) is 4.98 Å². The standard InChI is InChI=1S/C11H12Cl2N2O3/c12-9-4-14-10(13)3-8(9)11(17)15-1-2-18-6-7(15)5-16/h3-4,7,16H,1-2,5-6H2. The van der Waals surface area contributed by atoms with Gasteiger partial charge in [-0.05, 0) is 6.07 Å². The molecule has 1 aliphatic heterocycles. The summed E-state index contributed by atoms with van der Waals surface area (Å²) in [5.74, 6) is -0.272. The Kier molecular flexibility index (Phi) is 4.40. The first-order chi connectivity index (χ1) is 8.63. The summed E-state index contributed by atoms with van der Waals surface area (Å²) in [6.07, 6.45) is 1.34. The van der Waals surface area contributed by atoms with Gasteiger partial charge in [-0.2, -0.15) is 0 Å². The lowest BCUT2D eigenvalue weighted by atomic mass is 10.1. The van der Waals surface area contributed by atoms with E-state index in [1.54, 1.807) is 4.90 Å². The molecule has 1 aromatic rings. The highest BCUT2D eigenvalue weighted by molar-refractivity contribution is 6.35. The number of aliphatic hydroxyl groups excluding tert-OH is 1. The molecule has 0 saturated carbocycles. The van der Waals surface area contributed by atoms with Gasteiger partial charge in [0.05, 0.1) is 36.4 Å². The van der Waals surface area contributed by atoms with Crippen LogP contribution in [-0.4, -0.2) is 53.3 Å². The van der Waals surface area contributed by atoms with E-state index in [2.05, 4.69) is 4.98 Å². The van der Waals surface area contributed by atoms with E-state index in [9.17, 15) is 9.90 Å². The third-order valence-electron chi connectivity index (χ3n) is 2.75. The molecule has 0 radical (unpaired) electrons. The summed E-state index contributed by atoms with van der Waals surface area (Å²) in [6.45, 7) is 1.03. The number of aliphatic hydroxyl groups is 1. The average molecular weight is 291 g/mol. The SMILES string of the molecule is O=C(c1cc(Cl)ncc1Cl)N1CCOCC1CO. The number of carbonyl (C=O) groups excluding carboxylic acids is 1. The Labute approximate surface area is 114 Å². The molecule has 7 heteroatoms. The second kappa shape index (κ2) is 5.84. The van der Waals surface area contributed by atoms with Gasteiger partial charge in [0.25, 0.3) is 5.91 Å². The molecule has 0 aliphatic carbocycles. The van der Waals surface area contributed by atoms with Crippen LogP contribution in [0.3, 0.4) is 0 Å². The molecule has 5 nitrogen and oxygen atoms in total. The molecule has 0 bridgehead atoms. The summed E-state index contributed by atoms with van der Waals surface area (Å²) in [5.41, 5.74) is 0.289. The van der Waals surface area contributed by atoms with E-state index in [4.69, 9.17) is 27.9 Å². The number of nitrogens with zero attached hydrogens (tertiary/aromatic N) is 2. The molecular formula is C11H12Cl2N2O3. The van der Waals surface area contributed by atoms with E-state index in [0.29, 0.717) is 19.8 Å². The van der Waals surface area contributed by atoms with Crippen LogP contribution in [0.25, 0.3) is 0 Å². The van der Waals surface area contributed by atoms with E-state index in [1.807, 2.05) is 0 Å². The highest BCUT2D eigenvalue weighted by Crippen LogP contribution is 2.21. The molecule has 1 amide bonds. The van der Waals surface area contributed by atoms with Crippen LogP contribution in [0.15, 0.2) is 12.3 Å². The normalized spacial score (nSPS) is 19.9. The summed E-state index contributed by atoms with van der Waals surface area (Å²) in [6, 6.07) is 1.07. The zero-order valence-electron chi connectivity index (χ0n) is 9.47. The zero-order chi connectivity index (χ0) is 13.1. The van der Waals surface area contributed by atoms with Crippen LogP contribution < -0.4 is 0 Å². The molecular weight excluding hydrogens is 279 g/mol. The summed E-state index contributed by atoms with van der Waals surface area (Å²) in [5, 5.41) is 9.68. The van der Waals surface area contributed by atoms with Crippen LogP contribution in [-0.2, 0) is 4.74 Å². The number of pyridine rings is 1. The van der Waals surface area contributed by atoms with Gasteiger partial charge in [0.1, 0.15) is 5.15 Å². The number of amides is 1. The smallest absolute Gasteiger partial charge is 0.256 e. The molecule has 1 aliphatic rings. The molecule has 2 heterocycles. The summed E-state index contributed by atoms with van der Waals surface area (Å²) in [7, 11) is 0. The lowest BCUT2D eigenvalue weighted by Crippen LogP contribution is -2.50. The van der Waals surface area contributed by atoms with Gasteiger partial charge in [0, 0.05) is 12.7 Å². The fraction of sp³-hybridized carbons (Fsp3) is 0.455. The maximum absolute atomic E-state index is 12.3. The van der Waals surface area contributed by atoms with E-state index < -0.39 is 0 Å². The maximum Gasteiger partial charge on any atom is 0.256 e. The Bertz CT molecular complexity index is 456. The first-order valence-corrected chi connectivity index (χ1v) is 6.19. The fourth-order valence-electron chi connectivity index (χ4n) is 1.81. The Hall–Kier alpha value is -0.880. The van der Waals surface area contributed by atoms with Gasteiger partial charge >= 0.3 is 0 Å². The lowest BCUT2D eigenvalue weighted by molar-refractivity contribution is -0.0183. The van der Waals surface area contributed by atoms with E-state index in [0.717, 1.165) is 0 Å². The Morgan fingerprint density at radius 1 is 1.61 bits per heavy atom. The average Bonchev–Trinajstić information content (AvgIpc) is 2.40. The summed E-state index contributed by atoms with van der Waals surface area (Å²) < 4.78 is 5.22. The van der Waals surface area contributed by atoms with Crippen molar-refractivity contribution in [3.8, 4) is 0 Å². The molecule has 1 aromatic heterocycles. The minimum absolute atomic E-state index is 0.151. The largest absolute Gasteiger partial charge is 0.394 e. The number of carbonyl (C=O) groups is 1. The third kappa shape index (κ3) is 2.75. The zero-order valence-corrected chi connectivity index (χ0v) is 11.0. The van der Waals surface area contributed by atoms with Gasteiger partial charge in [-0.15, -0.1) is 0 Å². The number of ether oxygens (including phenoxy) is 1. The van der Waals surface area contributed by atoms with Gasteiger partial charge in [-0.1, -0.05) is 23.2 Å². The van der Waals surface area contributed by atoms with Crippen molar-refractivity contribution in [2.75, 3.05) is 26.4 Å². The number of hydrogen-bond acceptors (Lipinski definition) is 4. The molecule has 18 heavy (non-hydrogen) atoms. The highest BCUT2D eigenvalue weighted by Gasteiger charge is 2.28. The number of rotatable bonds is 2. The van der Waals surface area contributed by atoms with Crippen molar-refractivity contribution in [3.63, 3.8) is 0 Å². The Morgan fingerprint density at radius 2 is 2.39 bits per heavy atom. The molecule has 1 unspecified atom stereocenters. The predicted octanol–water partition coefficient (Wildman–Crippen LogP) is 1.22. The van der Waals surface area contributed by atoms with Crippen molar-refractivity contribution in [2.45, 2.75) is 6.04 Å². The number of morpholine rings is 1. The van der Waals surface area contributed by atoms with Gasteiger partial charge in [0.15, 0.2) is 0 Å². The summed E-state index contributed by atoms with van der Waals surface area (Å²) in [4.78, 5) is 17.7. The van der Waals surface area contributed by atoms with Crippen molar-refractivity contribution in [2.24, 2.45) is 0 Å². The van der Waals surface area contributed by atoms with Crippen LogP contribution in [0.5, 0.6) is 0 Å². The molecule has 98 valence electrons. The van der Waals surface area contributed by atoms with Crippen LogP contribution in [0.1, 0.15) is 10.4 Å². The van der Waals surface area contributed by atoms with Crippen molar-refractivity contribution < 1.29 is 14.6 Å². The van der Waals surface area contributed by atoms with Crippen molar-refractivity contribution in [1.29, 1.82) is 0 Å². The lowest BCUT2D eigenvalue weighted by Gasteiger charge is -2.34. The molecule has 1 fully saturated rings. The van der Waals surface area contributed by atoms with Gasteiger partial charge in [-0.3, -0.25) is 4.79 Å². The minimum atomic E-state index is -0.353. The van der Waals surface area contributed by atoms with Crippen molar-refractivity contribution in [1.82, 2.24) is 9.88 Å². The number of hydrogen-bond donors (Lipinski definition) is 1. The van der Waals surface area contributed by atoms with Crippen LogP contribution in [0.2, 0.25) is 10.2 Å². The van der Waals surface area contributed by atoms with Crippen LogP contribution in [0.4, 0.5) is 0 Å². The molecule has 0 aromatic carbocycles. The number of halogens is 2. The first kappa shape index (κ1) is 13.5. The highest BCUT2D eigenvalue weighted by atomic mass is 35.5. The van der Waals surface area contributed by atoms with Crippen molar-refractivity contribution >= 4 is 29.1 Å². The van der Waals surface area contributed by atoms with E-state index in [1.165, 1.54) is 12.3 Å². The Morgan fingerprint density at radius 3 is 3.11 bits per heavy atom. The molecule has 1 atom stereocenters.